The molecule has 0 fully saturated rings. The van der Waals surface area contributed by atoms with Gasteiger partial charge in [0.1, 0.15) is 11.8 Å². The van der Waals surface area contributed by atoms with E-state index >= 15 is 0 Å². The summed E-state index contributed by atoms with van der Waals surface area (Å²) < 4.78 is 21.3. The number of allylic oxidation sites excluding steroid dienone is 1. The summed E-state index contributed by atoms with van der Waals surface area (Å²) in [7, 11) is 1.57. The maximum absolute atomic E-state index is 14.3. The summed E-state index contributed by atoms with van der Waals surface area (Å²) >= 11 is 4.85. The predicted molar refractivity (Wildman–Crippen MR) is 182 cm³/mol. The molecule has 0 aliphatic carbocycles. The minimum Gasteiger partial charge on any atom is -0.496 e. The van der Waals surface area contributed by atoms with Crippen LogP contribution in [0.4, 0.5) is 0 Å². The van der Waals surface area contributed by atoms with Gasteiger partial charge in [0.05, 0.1) is 41.7 Å². The summed E-state index contributed by atoms with van der Waals surface area (Å²) in [6.45, 7) is 10.0. The van der Waals surface area contributed by atoms with Crippen LogP contribution in [0.3, 0.4) is 0 Å². The average molecular weight is 707 g/mol. The molecule has 0 N–H and O–H groups in total. The lowest BCUT2D eigenvalue weighted by Crippen LogP contribution is -2.40. The third-order valence-electron chi connectivity index (χ3n) is 7.77. The number of ether oxygens (including phenoxy) is 3. The molecule has 1 aliphatic rings. The molecule has 1 aliphatic heterocycles. The van der Waals surface area contributed by atoms with E-state index in [1.165, 1.54) is 11.3 Å². The number of aryl methyl sites for hydroxylation is 1. The SMILES string of the molecule is CCCC1=C(C(=O)OCC)[C@H](c2cc(Br)ccc2OC)n2c(s/c(=C/c3cc(C)n(-c4ccc(C(=O)OCC)cc4)c3C)c2=O)=N1. The second-order valence-electron chi connectivity index (χ2n) is 10.7. The van der Waals surface area contributed by atoms with Crippen LogP contribution in [-0.4, -0.2) is 41.4 Å². The number of aromatic nitrogens is 2. The van der Waals surface area contributed by atoms with Crippen LogP contribution in [0.2, 0.25) is 0 Å². The Bertz CT molecular complexity index is 2020. The van der Waals surface area contributed by atoms with Crippen LogP contribution in [-0.2, 0) is 14.3 Å². The largest absolute Gasteiger partial charge is 0.496 e. The monoisotopic (exact) mass is 705 g/mol. The first kappa shape index (κ1) is 33.2. The molecular weight excluding hydrogens is 670 g/mol. The molecule has 11 heteroatoms. The van der Waals surface area contributed by atoms with Crippen LogP contribution in [0.25, 0.3) is 11.8 Å². The van der Waals surface area contributed by atoms with Crippen LogP contribution in [0.15, 0.2) is 74.1 Å². The molecular formula is C35H36BrN3O6S. The van der Waals surface area contributed by atoms with Gasteiger partial charge in [-0.25, -0.2) is 14.6 Å². The van der Waals surface area contributed by atoms with E-state index in [2.05, 4.69) is 20.5 Å². The molecule has 4 aromatic rings. The number of nitrogens with zero attached hydrogens (tertiary/aromatic N) is 3. The molecule has 2 aromatic carbocycles. The van der Waals surface area contributed by atoms with Crippen molar-refractivity contribution in [2.45, 2.75) is 53.5 Å². The Morgan fingerprint density at radius 2 is 1.70 bits per heavy atom. The first-order valence-electron chi connectivity index (χ1n) is 15.1. The van der Waals surface area contributed by atoms with E-state index in [1.807, 2.05) is 63.2 Å². The molecule has 0 saturated heterocycles. The number of methoxy groups -OCH3 is 1. The Morgan fingerprint density at radius 1 is 1.00 bits per heavy atom. The molecule has 240 valence electrons. The van der Waals surface area contributed by atoms with Crippen LogP contribution in [0.5, 0.6) is 5.75 Å². The lowest BCUT2D eigenvalue weighted by atomic mass is 9.93. The number of carbonyl (C=O) groups excluding carboxylic acids is 2. The van der Waals surface area contributed by atoms with Crippen molar-refractivity contribution in [3.63, 3.8) is 0 Å². The number of hydrogen-bond acceptors (Lipinski definition) is 8. The van der Waals surface area contributed by atoms with E-state index in [4.69, 9.17) is 19.2 Å². The Labute approximate surface area is 279 Å². The zero-order valence-corrected chi connectivity index (χ0v) is 29.1. The van der Waals surface area contributed by atoms with E-state index in [-0.39, 0.29) is 18.1 Å². The lowest BCUT2D eigenvalue weighted by Gasteiger charge is -2.27. The summed E-state index contributed by atoms with van der Waals surface area (Å²) in [5.74, 6) is -0.327. The van der Waals surface area contributed by atoms with E-state index < -0.39 is 12.0 Å². The maximum Gasteiger partial charge on any atom is 0.338 e. The fraction of sp³-hybridized carbons (Fsp3) is 0.314. The molecule has 0 spiro atoms. The average Bonchev–Trinajstić information content (AvgIpc) is 3.50. The number of rotatable bonds is 10. The smallest absolute Gasteiger partial charge is 0.338 e. The van der Waals surface area contributed by atoms with Crippen molar-refractivity contribution in [2.75, 3.05) is 20.3 Å². The standard InChI is InChI=1S/C35H36BrN3O6S/c1-7-10-27-30(34(42)45-9-3)31(26-19-24(36)13-16-28(26)43-6)39-32(40)29(46-35(39)37-27)18-23-17-20(4)38(21(23)5)25-14-11-22(12-15-25)33(41)44-8-2/h11-19,31H,7-10H2,1-6H3/b29-18+/t31-/m0/s1. The normalized spacial score (nSPS) is 14.6. The summed E-state index contributed by atoms with van der Waals surface area (Å²) in [5.41, 5.74) is 5.45. The number of thiazole rings is 1. The van der Waals surface area contributed by atoms with Crippen LogP contribution < -0.4 is 19.6 Å². The van der Waals surface area contributed by atoms with Gasteiger partial charge >= 0.3 is 11.9 Å². The van der Waals surface area contributed by atoms with Crippen molar-refractivity contribution in [1.82, 2.24) is 9.13 Å². The van der Waals surface area contributed by atoms with Gasteiger partial charge in [-0.3, -0.25) is 9.36 Å². The minimum absolute atomic E-state index is 0.190. The van der Waals surface area contributed by atoms with Crippen molar-refractivity contribution < 1.29 is 23.8 Å². The second-order valence-corrected chi connectivity index (χ2v) is 12.7. The third-order valence-corrected chi connectivity index (χ3v) is 9.25. The van der Waals surface area contributed by atoms with E-state index in [0.29, 0.717) is 50.5 Å². The molecule has 3 heterocycles. The predicted octanol–water partition coefficient (Wildman–Crippen LogP) is 5.93. The van der Waals surface area contributed by atoms with Crippen molar-refractivity contribution >= 4 is 45.3 Å². The molecule has 2 aromatic heterocycles. The van der Waals surface area contributed by atoms with Crippen molar-refractivity contribution in [3.8, 4) is 11.4 Å². The van der Waals surface area contributed by atoms with Gasteiger partial charge in [0, 0.05) is 27.1 Å². The fourth-order valence-electron chi connectivity index (χ4n) is 5.77. The first-order chi connectivity index (χ1) is 22.1. The number of halogens is 1. The van der Waals surface area contributed by atoms with Crippen LogP contribution >= 0.6 is 27.3 Å². The van der Waals surface area contributed by atoms with Gasteiger partial charge in [0.25, 0.3) is 5.56 Å². The Morgan fingerprint density at radius 3 is 2.35 bits per heavy atom. The second kappa shape index (κ2) is 14.0. The number of hydrogen-bond donors (Lipinski definition) is 0. The van der Waals surface area contributed by atoms with Crippen molar-refractivity contribution in [1.29, 1.82) is 0 Å². The van der Waals surface area contributed by atoms with Gasteiger partial charge in [0.15, 0.2) is 4.80 Å². The highest BCUT2D eigenvalue weighted by molar-refractivity contribution is 9.10. The fourth-order valence-corrected chi connectivity index (χ4v) is 7.16. The van der Waals surface area contributed by atoms with Crippen LogP contribution in [0, 0.1) is 13.8 Å². The van der Waals surface area contributed by atoms with Gasteiger partial charge < -0.3 is 18.8 Å². The molecule has 0 saturated carbocycles. The zero-order valence-electron chi connectivity index (χ0n) is 26.7. The zero-order chi connectivity index (χ0) is 33.1. The molecule has 0 bridgehead atoms. The van der Waals surface area contributed by atoms with Crippen molar-refractivity contribution in [3.05, 3.63) is 112 Å². The topological polar surface area (TPSA) is 101 Å². The summed E-state index contributed by atoms with van der Waals surface area (Å²) in [4.78, 5) is 45.4. The highest BCUT2D eigenvalue weighted by atomic mass is 79.9. The van der Waals surface area contributed by atoms with Gasteiger partial charge in [0.2, 0.25) is 0 Å². The Hall–Kier alpha value is -4.22. The van der Waals surface area contributed by atoms with Gasteiger partial charge in [-0.05, 0) is 94.3 Å². The molecule has 9 nitrogen and oxygen atoms in total. The van der Waals surface area contributed by atoms with Crippen LogP contribution in [0.1, 0.15) is 72.5 Å². The molecule has 0 unspecified atom stereocenters. The third kappa shape index (κ3) is 6.26. The lowest BCUT2D eigenvalue weighted by molar-refractivity contribution is -0.139. The molecule has 5 rings (SSSR count). The van der Waals surface area contributed by atoms with E-state index in [0.717, 1.165) is 33.5 Å². The van der Waals surface area contributed by atoms with E-state index in [9.17, 15) is 14.4 Å². The molecule has 1 atom stereocenters. The Balaban J connectivity index is 1.68. The van der Waals surface area contributed by atoms with Gasteiger partial charge in [-0.15, -0.1) is 0 Å². The quantitative estimate of drug-likeness (QED) is 0.190. The number of fused-ring (bicyclic) bond motifs is 1. The highest BCUT2D eigenvalue weighted by Gasteiger charge is 2.36. The maximum atomic E-state index is 14.3. The first-order valence-corrected chi connectivity index (χ1v) is 16.8. The summed E-state index contributed by atoms with van der Waals surface area (Å²) in [5, 5.41) is 0. The van der Waals surface area contributed by atoms with E-state index in [1.54, 1.807) is 37.7 Å². The minimum atomic E-state index is -0.795. The van der Waals surface area contributed by atoms with Gasteiger partial charge in [-0.2, -0.15) is 0 Å². The van der Waals surface area contributed by atoms with Crippen molar-refractivity contribution in [2.24, 2.45) is 4.99 Å². The summed E-state index contributed by atoms with van der Waals surface area (Å²) in [6, 6.07) is 14.0. The molecule has 0 amide bonds. The summed E-state index contributed by atoms with van der Waals surface area (Å²) in [6.07, 6.45) is 3.17. The number of benzene rings is 2. The number of carbonyl (C=O) groups is 2. The highest BCUT2D eigenvalue weighted by Crippen LogP contribution is 2.38. The molecule has 46 heavy (non-hydrogen) atoms. The number of esters is 2. The van der Waals surface area contributed by atoms with Gasteiger partial charge in [-0.1, -0.05) is 40.6 Å². The molecule has 0 radical (unpaired) electrons. The Kier molecular flexibility index (Phi) is 10.1.